The third-order valence-corrected chi connectivity index (χ3v) is 7.04. The zero-order valence-electron chi connectivity index (χ0n) is 15.9. The average molecular weight is 483 g/mol. The normalized spacial score (nSPS) is 12.3. The Morgan fingerprint density at radius 3 is 2.39 bits per heavy atom. The largest absolute Gasteiger partial charge is 0.434 e. The summed E-state index contributed by atoms with van der Waals surface area (Å²) >= 11 is 7.43. The zero-order valence-corrected chi connectivity index (χ0v) is 18.3. The maximum atomic E-state index is 13.4. The number of hydrogen-bond acceptors (Lipinski definition) is 4. The van der Waals surface area contributed by atoms with Crippen LogP contribution in [0.25, 0.3) is 26.8 Å². The Balaban J connectivity index is 1.84. The van der Waals surface area contributed by atoms with E-state index in [0.29, 0.717) is 21.0 Å². The van der Waals surface area contributed by atoms with E-state index >= 15 is 0 Å². The van der Waals surface area contributed by atoms with Crippen LogP contribution in [0.3, 0.4) is 0 Å². The SMILES string of the molecule is CS(=O)(=O)c1cccc(-c2ccc(-c3nc(C(F)(F)F)cn3-c3ccccc3Cl)s2)c1. The molecule has 0 saturated carbocycles. The van der Waals surface area contributed by atoms with Gasteiger partial charge in [-0.3, -0.25) is 4.57 Å². The van der Waals surface area contributed by atoms with Crippen LogP contribution in [0, 0.1) is 0 Å². The van der Waals surface area contributed by atoms with Crippen LogP contribution in [-0.2, 0) is 16.0 Å². The Kier molecular flexibility index (Phi) is 5.45. The number of nitrogens with zero attached hydrogens (tertiary/aromatic N) is 2. The second-order valence-corrected chi connectivity index (χ2v) is 10.2. The molecular weight excluding hydrogens is 469 g/mol. The van der Waals surface area contributed by atoms with E-state index in [0.717, 1.165) is 12.5 Å². The van der Waals surface area contributed by atoms with Gasteiger partial charge in [-0.25, -0.2) is 13.4 Å². The summed E-state index contributed by atoms with van der Waals surface area (Å²) in [5, 5.41) is 0.285. The number of halogens is 4. The third kappa shape index (κ3) is 4.39. The number of benzene rings is 2. The molecule has 0 fully saturated rings. The molecule has 0 aliphatic rings. The van der Waals surface area contributed by atoms with Crippen LogP contribution in [-0.4, -0.2) is 24.2 Å². The second-order valence-electron chi connectivity index (χ2n) is 6.73. The van der Waals surface area contributed by atoms with E-state index in [-0.39, 0.29) is 15.7 Å². The molecule has 0 atom stereocenters. The van der Waals surface area contributed by atoms with Crippen molar-refractivity contribution >= 4 is 32.8 Å². The monoisotopic (exact) mass is 482 g/mol. The van der Waals surface area contributed by atoms with Crippen molar-refractivity contribution in [2.24, 2.45) is 0 Å². The fourth-order valence-electron chi connectivity index (χ4n) is 3.01. The van der Waals surface area contributed by atoms with Crippen molar-refractivity contribution in [2.75, 3.05) is 6.26 Å². The second kappa shape index (κ2) is 7.81. The fraction of sp³-hybridized carbons (Fsp3) is 0.0952. The van der Waals surface area contributed by atoms with E-state index in [2.05, 4.69) is 4.98 Å². The van der Waals surface area contributed by atoms with Crippen LogP contribution in [0.1, 0.15) is 5.69 Å². The van der Waals surface area contributed by atoms with Gasteiger partial charge in [0.05, 0.1) is 20.5 Å². The molecule has 0 aliphatic carbocycles. The Morgan fingerprint density at radius 1 is 1.00 bits per heavy atom. The Labute approximate surface area is 185 Å². The summed E-state index contributed by atoms with van der Waals surface area (Å²) in [6, 6.07) is 16.3. The molecule has 2 aromatic carbocycles. The first-order chi connectivity index (χ1) is 14.5. The molecule has 0 saturated heterocycles. The van der Waals surface area contributed by atoms with Crippen LogP contribution >= 0.6 is 22.9 Å². The van der Waals surface area contributed by atoms with Crippen LogP contribution in [0.2, 0.25) is 5.02 Å². The first-order valence-electron chi connectivity index (χ1n) is 8.86. The summed E-state index contributed by atoms with van der Waals surface area (Å²) in [6.07, 6.45) is -2.59. The molecule has 2 aromatic heterocycles. The summed E-state index contributed by atoms with van der Waals surface area (Å²) < 4.78 is 65.1. The van der Waals surface area contributed by atoms with Gasteiger partial charge in [0.15, 0.2) is 21.4 Å². The maximum absolute atomic E-state index is 13.4. The summed E-state index contributed by atoms with van der Waals surface area (Å²) in [4.78, 5) is 5.17. The van der Waals surface area contributed by atoms with Gasteiger partial charge in [-0.1, -0.05) is 35.9 Å². The van der Waals surface area contributed by atoms with E-state index in [1.165, 1.54) is 28.0 Å². The van der Waals surface area contributed by atoms with E-state index in [4.69, 9.17) is 11.6 Å². The molecule has 0 radical (unpaired) electrons. The van der Waals surface area contributed by atoms with Gasteiger partial charge < -0.3 is 0 Å². The number of aromatic nitrogens is 2. The molecule has 0 N–H and O–H groups in total. The molecule has 0 aliphatic heterocycles. The number of imidazole rings is 1. The third-order valence-electron chi connectivity index (χ3n) is 4.48. The molecule has 0 amide bonds. The van der Waals surface area contributed by atoms with Gasteiger partial charge >= 0.3 is 6.18 Å². The van der Waals surface area contributed by atoms with Crippen LogP contribution in [0.4, 0.5) is 13.2 Å². The van der Waals surface area contributed by atoms with Gasteiger partial charge in [-0.05, 0) is 42.0 Å². The van der Waals surface area contributed by atoms with E-state index in [1.54, 1.807) is 48.5 Å². The number of alkyl halides is 3. The molecule has 4 aromatic rings. The summed E-state index contributed by atoms with van der Waals surface area (Å²) in [5.41, 5.74) is -0.0151. The molecule has 160 valence electrons. The van der Waals surface area contributed by atoms with Crippen molar-refractivity contribution in [3.05, 3.63) is 77.6 Å². The van der Waals surface area contributed by atoms with Gasteiger partial charge in [0, 0.05) is 17.3 Å². The lowest BCUT2D eigenvalue weighted by Gasteiger charge is -2.08. The number of para-hydroxylation sites is 1. The van der Waals surface area contributed by atoms with Gasteiger partial charge in [0.2, 0.25) is 0 Å². The first kappa shape index (κ1) is 21.6. The summed E-state index contributed by atoms with van der Waals surface area (Å²) in [5.74, 6) is 0.0935. The molecule has 31 heavy (non-hydrogen) atoms. The topological polar surface area (TPSA) is 52.0 Å². The van der Waals surface area contributed by atoms with Crippen molar-refractivity contribution in [3.63, 3.8) is 0 Å². The van der Waals surface area contributed by atoms with Gasteiger partial charge in [-0.2, -0.15) is 13.2 Å². The number of thiophene rings is 1. The Hall–Kier alpha value is -2.62. The van der Waals surface area contributed by atoms with E-state index in [9.17, 15) is 21.6 Å². The minimum Gasteiger partial charge on any atom is -0.297 e. The minimum atomic E-state index is -4.62. The van der Waals surface area contributed by atoms with Crippen molar-refractivity contribution in [1.82, 2.24) is 9.55 Å². The highest BCUT2D eigenvalue weighted by Gasteiger charge is 2.35. The molecule has 10 heteroatoms. The molecule has 0 bridgehead atoms. The zero-order chi connectivity index (χ0) is 22.4. The highest BCUT2D eigenvalue weighted by molar-refractivity contribution is 7.90. The van der Waals surface area contributed by atoms with E-state index in [1.807, 2.05) is 0 Å². The van der Waals surface area contributed by atoms with Crippen LogP contribution in [0.15, 0.2) is 71.8 Å². The Bertz CT molecular complexity index is 1380. The molecule has 2 heterocycles. The molecule has 0 unspecified atom stereocenters. The number of sulfone groups is 1. The van der Waals surface area contributed by atoms with Gasteiger partial charge in [0.1, 0.15) is 0 Å². The van der Waals surface area contributed by atoms with Gasteiger partial charge in [0.25, 0.3) is 0 Å². The van der Waals surface area contributed by atoms with E-state index < -0.39 is 21.7 Å². The van der Waals surface area contributed by atoms with Gasteiger partial charge in [-0.15, -0.1) is 11.3 Å². The number of hydrogen-bond donors (Lipinski definition) is 0. The van der Waals surface area contributed by atoms with Crippen LogP contribution < -0.4 is 0 Å². The standard InChI is InChI=1S/C21H14ClF3N2O2S2/c1-31(28,29)14-6-4-5-13(11-14)17-9-10-18(30-17)20-26-19(21(23,24)25)12-27(20)16-8-3-2-7-15(16)22/h2-12H,1H3. The highest BCUT2D eigenvalue weighted by Crippen LogP contribution is 2.39. The van der Waals surface area contributed by atoms with Crippen molar-refractivity contribution < 1.29 is 21.6 Å². The summed E-state index contributed by atoms with van der Waals surface area (Å²) in [7, 11) is -3.39. The lowest BCUT2D eigenvalue weighted by molar-refractivity contribution is -0.140. The lowest BCUT2D eigenvalue weighted by Crippen LogP contribution is -2.04. The molecule has 0 spiro atoms. The quantitative estimate of drug-likeness (QED) is 0.341. The van der Waals surface area contributed by atoms with Crippen LogP contribution in [0.5, 0.6) is 0 Å². The highest BCUT2D eigenvalue weighted by atomic mass is 35.5. The summed E-state index contributed by atoms with van der Waals surface area (Å²) in [6.45, 7) is 0. The molecule has 4 nitrogen and oxygen atoms in total. The maximum Gasteiger partial charge on any atom is 0.434 e. The minimum absolute atomic E-state index is 0.0935. The fourth-order valence-corrected chi connectivity index (χ4v) is 4.90. The lowest BCUT2D eigenvalue weighted by atomic mass is 10.2. The molecular formula is C21H14ClF3N2O2S2. The first-order valence-corrected chi connectivity index (χ1v) is 11.9. The van der Waals surface area contributed by atoms with Crippen molar-refractivity contribution in [3.8, 4) is 26.8 Å². The predicted octanol–water partition coefficient (Wildman–Crippen LogP) is 6.34. The smallest absolute Gasteiger partial charge is 0.297 e. The Morgan fingerprint density at radius 2 is 1.71 bits per heavy atom. The average Bonchev–Trinajstić information content (AvgIpc) is 3.35. The number of rotatable bonds is 4. The van der Waals surface area contributed by atoms with Crippen molar-refractivity contribution in [2.45, 2.75) is 11.1 Å². The predicted molar refractivity (Wildman–Crippen MR) is 115 cm³/mol. The molecule has 4 rings (SSSR count). The van der Waals surface area contributed by atoms with Crippen molar-refractivity contribution in [1.29, 1.82) is 0 Å².